The third kappa shape index (κ3) is 4.62. The molecule has 2 atom stereocenters. The van der Waals surface area contributed by atoms with E-state index >= 15 is 0 Å². The lowest BCUT2D eigenvalue weighted by atomic mass is 10.0. The van der Waals surface area contributed by atoms with E-state index in [1.807, 2.05) is 0 Å². The summed E-state index contributed by atoms with van der Waals surface area (Å²) in [6.45, 7) is -1.25. The first-order valence-corrected chi connectivity index (χ1v) is 11.0. The van der Waals surface area contributed by atoms with Crippen LogP contribution in [0.3, 0.4) is 0 Å². The van der Waals surface area contributed by atoms with Gasteiger partial charge in [0.25, 0.3) is 5.91 Å². The average molecular weight is 454 g/mol. The van der Waals surface area contributed by atoms with E-state index in [1.165, 1.54) is 17.0 Å². The van der Waals surface area contributed by atoms with E-state index in [1.54, 1.807) is 29.2 Å². The van der Waals surface area contributed by atoms with Crippen LogP contribution in [0, 0.1) is 0 Å². The molecule has 0 aromatic heterocycles. The van der Waals surface area contributed by atoms with Crippen LogP contribution in [0.2, 0.25) is 0 Å². The Morgan fingerprint density at radius 1 is 1.12 bits per heavy atom. The van der Waals surface area contributed by atoms with Crippen molar-refractivity contribution in [3.05, 3.63) is 64.7 Å². The third-order valence-corrected chi connectivity index (χ3v) is 5.99. The van der Waals surface area contributed by atoms with Crippen LogP contribution in [0.5, 0.6) is 5.75 Å². The molecular weight excluding hydrogens is 422 g/mol. The van der Waals surface area contributed by atoms with E-state index in [4.69, 9.17) is 15.0 Å². The van der Waals surface area contributed by atoms with Crippen LogP contribution in [-0.4, -0.2) is 59.9 Å². The van der Waals surface area contributed by atoms with E-state index in [0.29, 0.717) is 48.7 Å². The number of ether oxygens (including phenoxy) is 2. The Morgan fingerprint density at radius 3 is 2.73 bits per heavy atom. The number of rotatable bonds is 6. The molecule has 3 heterocycles. The van der Waals surface area contributed by atoms with Gasteiger partial charge in [0, 0.05) is 39.9 Å². The van der Waals surface area contributed by atoms with E-state index < -0.39 is 25.0 Å². The van der Waals surface area contributed by atoms with E-state index in [9.17, 15) is 14.4 Å². The first kappa shape index (κ1) is 17.3. The zero-order chi connectivity index (χ0) is 26.3. The molecule has 0 aliphatic carbocycles. The van der Waals surface area contributed by atoms with Crippen molar-refractivity contribution in [3.8, 4) is 5.75 Å². The summed E-state index contributed by atoms with van der Waals surface area (Å²) in [5, 5.41) is 2.28. The summed E-state index contributed by atoms with van der Waals surface area (Å²) < 4.78 is 45.3. The predicted octanol–water partition coefficient (Wildman–Crippen LogP) is 1.86. The molecule has 2 aromatic rings. The van der Waals surface area contributed by atoms with E-state index in [0.717, 1.165) is 0 Å². The summed E-state index contributed by atoms with van der Waals surface area (Å²) in [6.07, 6.45) is 0.405. The first-order valence-electron chi connectivity index (χ1n) is 13.0. The molecule has 2 aromatic carbocycles. The van der Waals surface area contributed by atoms with Crippen molar-refractivity contribution in [2.75, 3.05) is 26.3 Å². The van der Waals surface area contributed by atoms with Gasteiger partial charge >= 0.3 is 0 Å². The highest BCUT2D eigenvalue weighted by Crippen LogP contribution is 2.34. The number of carbonyl (C=O) groups excluding carboxylic acids is 3. The Hall–Kier alpha value is -3.23. The van der Waals surface area contributed by atoms with E-state index in [2.05, 4.69) is 5.32 Å². The van der Waals surface area contributed by atoms with E-state index in [-0.39, 0.29) is 42.8 Å². The molecule has 2 unspecified atom stereocenters. The van der Waals surface area contributed by atoms with Gasteiger partial charge in [-0.3, -0.25) is 24.6 Å². The van der Waals surface area contributed by atoms with Gasteiger partial charge < -0.3 is 14.4 Å². The Bertz CT molecular complexity index is 1250. The highest BCUT2D eigenvalue weighted by molar-refractivity contribution is 6.05. The van der Waals surface area contributed by atoms with Crippen molar-refractivity contribution < 1.29 is 29.3 Å². The molecule has 0 radical (unpaired) electrons. The monoisotopic (exact) mass is 453 g/mol. The predicted molar refractivity (Wildman–Crippen MR) is 119 cm³/mol. The van der Waals surface area contributed by atoms with Crippen molar-refractivity contribution in [2.45, 2.75) is 38.5 Å². The van der Waals surface area contributed by atoms with Gasteiger partial charge in [0.05, 0.1) is 22.5 Å². The highest BCUT2D eigenvalue weighted by Gasteiger charge is 2.40. The lowest BCUT2D eigenvalue weighted by Crippen LogP contribution is -2.52. The number of nitrogens with one attached hydrogen (secondary N) is 1. The van der Waals surface area contributed by atoms with Gasteiger partial charge in [0.15, 0.2) is 0 Å². The Labute approximate surface area is 198 Å². The molecule has 3 aliphatic heterocycles. The van der Waals surface area contributed by atoms with Crippen LogP contribution in [0.1, 0.15) is 45.4 Å². The summed E-state index contributed by atoms with van der Waals surface area (Å²) in [5.74, 6) is -0.873. The maximum absolute atomic E-state index is 13.0. The fourth-order valence-corrected chi connectivity index (χ4v) is 4.22. The Kier molecular flexibility index (Phi) is 4.88. The lowest BCUT2D eigenvalue weighted by Gasteiger charge is -2.29. The van der Waals surface area contributed by atoms with Crippen molar-refractivity contribution in [2.24, 2.45) is 0 Å². The molecule has 8 nitrogen and oxygen atoms in total. The zero-order valence-corrected chi connectivity index (χ0v) is 18.0. The van der Waals surface area contributed by atoms with Gasteiger partial charge in [-0.2, -0.15) is 0 Å². The van der Waals surface area contributed by atoms with Crippen molar-refractivity contribution in [1.29, 1.82) is 0 Å². The second-order valence-corrected chi connectivity index (χ2v) is 8.16. The van der Waals surface area contributed by atoms with Gasteiger partial charge in [-0.05, 0) is 29.7 Å². The molecule has 8 heteroatoms. The fraction of sp³-hybridized carbons (Fsp3) is 0.400. The molecule has 0 bridgehead atoms. The summed E-state index contributed by atoms with van der Waals surface area (Å²) in [5.41, 5.74) is 1.51. The molecule has 5 rings (SSSR count). The molecule has 33 heavy (non-hydrogen) atoms. The van der Waals surface area contributed by atoms with Crippen LogP contribution in [0.25, 0.3) is 0 Å². The van der Waals surface area contributed by atoms with Crippen LogP contribution >= 0.6 is 0 Å². The Balaban J connectivity index is 1.33. The number of nitrogens with zero attached hydrogens (tertiary/aromatic N) is 2. The quantitative estimate of drug-likeness (QED) is 0.672. The van der Waals surface area contributed by atoms with Crippen molar-refractivity contribution >= 4 is 17.7 Å². The van der Waals surface area contributed by atoms with Gasteiger partial charge in [0.1, 0.15) is 18.4 Å². The van der Waals surface area contributed by atoms with Gasteiger partial charge in [0.2, 0.25) is 11.8 Å². The second kappa shape index (κ2) is 9.33. The third-order valence-electron chi connectivity index (χ3n) is 5.99. The summed E-state index contributed by atoms with van der Waals surface area (Å²) in [4.78, 5) is 39.9. The van der Waals surface area contributed by atoms with Gasteiger partial charge in [-0.15, -0.1) is 0 Å². The number of piperidine rings is 1. The number of benzene rings is 2. The van der Waals surface area contributed by atoms with Gasteiger partial charge in [-0.25, -0.2) is 0 Å². The topological polar surface area (TPSA) is 88.2 Å². The number of hydrogen-bond acceptors (Lipinski definition) is 6. The lowest BCUT2D eigenvalue weighted by molar-refractivity contribution is -0.136. The Morgan fingerprint density at radius 2 is 1.94 bits per heavy atom. The molecule has 3 amide bonds. The molecule has 1 N–H and O–H groups in total. The van der Waals surface area contributed by atoms with Gasteiger partial charge in [-0.1, -0.05) is 30.3 Å². The number of amides is 3. The minimum atomic E-state index is -1.85. The molecule has 0 saturated carbocycles. The van der Waals surface area contributed by atoms with Crippen molar-refractivity contribution in [1.82, 2.24) is 15.1 Å². The molecule has 3 aliphatic rings. The SMILES string of the molecule is [2H]c1cc(C([2H])Oc2cccc3c2CN(C2CCC(=O)NC2=O)C3=O)ccc1C([2H])([2H])N1CCOCC1. The number of imide groups is 1. The minimum absolute atomic E-state index is 0.0349. The summed E-state index contributed by atoms with van der Waals surface area (Å²) >= 11 is 0. The first-order chi connectivity index (χ1) is 17.7. The average Bonchev–Trinajstić information content (AvgIpc) is 3.21. The summed E-state index contributed by atoms with van der Waals surface area (Å²) in [7, 11) is 0. The smallest absolute Gasteiger partial charge is 0.255 e. The number of carbonyl (C=O) groups is 3. The van der Waals surface area contributed by atoms with Crippen LogP contribution in [0.4, 0.5) is 0 Å². The molecule has 2 saturated heterocycles. The normalized spacial score (nSPS) is 24.3. The molecule has 0 spiro atoms. The van der Waals surface area contributed by atoms with Crippen LogP contribution in [-0.2, 0) is 34.0 Å². The highest BCUT2D eigenvalue weighted by atomic mass is 16.5. The molecular formula is C25H27N3O5. The largest absolute Gasteiger partial charge is 0.489 e. The van der Waals surface area contributed by atoms with Crippen LogP contribution in [0.15, 0.2) is 42.4 Å². The zero-order valence-electron chi connectivity index (χ0n) is 22.0. The maximum Gasteiger partial charge on any atom is 0.255 e. The second-order valence-electron chi connectivity index (χ2n) is 8.16. The standard InChI is InChI=1S/C25H27N3O5/c29-23-9-8-21(24(30)26-23)28-15-20-19(25(28)31)2-1-3-22(20)33-16-18-6-4-17(5-7-18)14-27-10-12-32-13-11-27/h1-7,21H,8-16H2,(H,26,29,30)/i4D,14D2,16D. The summed E-state index contributed by atoms with van der Waals surface area (Å²) in [6, 6.07) is 8.66. The molecule has 172 valence electrons. The van der Waals surface area contributed by atoms with Crippen LogP contribution < -0.4 is 10.1 Å². The minimum Gasteiger partial charge on any atom is -0.489 e. The number of hydrogen-bond donors (Lipinski definition) is 1. The maximum atomic E-state index is 13.0. The van der Waals surface area contributed by atoms with Crippen molar-refractivity contribution in [3.63, 3.8) is 0 Å². The number of fused-ring (bicyclic) bond motifs is 1. The number of morpholine rings is 1. The molecule has 2 fully saturated rings. The fourth-order valence-electron chi connectivity index (χ4n) is 4.22.